The highest BCUT2D eigenvalue weighted by atomic mass is 35.5. The third-order valence-corrected chi connectivity index (χ3v) is 2.72. The van der Waals surface area contributed by atoms with Gasteiger partial charge in [0.15, 0.2) is 0 Å². The van der Waals surface area contributed by atoms with Crippen LogP contribution in [0.5, 0.6) is 0 Å². The zero-order valence-electron chi connectivity index (χ0n) is 7.50. The number of rotatable bonds is 2. The van der Waals surface area contributed by atoms with E-state index in [1.54, 1.807) is 0 Å². The summed E-state index contributed by atoms with van der Waals surface area (Å²) in [6.07, 6.45) is 2.63. The van der Waals surface area contributed by atoms with E-state index in [9.17, 15) is 0 Å². The summed E-state index contributed by atoms with van der Waals surface area (Å²) in [6.45, 7) is 0.899. The first-order chi connectivity index (χ1) is 6.40. The number of benzene rings is 1. The van der Waals surface area contributed by atoms with Crippen molar-refractivity contribution in [2.75, 3.05) is 6.61 Å². The highest BCUT2D eigenvalue weighted by Gasteiger charge is 2.17. The molecular weight excluding hydrogens is 184 g/mol. The lowest BCUT2D eigenvalue weighted by Crippen LogP contribution is -1.95. The molecule has 2 heteroatoms. The molecule has 1 atom stereocenters. The first-order valence-corrected chi connectivity index (χ1v) is 5.20. The van der Waals surface area contributed by atoms with Crippen LogP contribution < -0.4 is 0 Å². The molecule has 0 spiro atoms. The third-order valence-electron chi connectivity index (χ3n) is 2.41. The monoisotopic (exact) mass is 196 g/mol. The Labute approximate surface area is 83.7 Å². The van der Waals surface area contributed by atoms with Crippen molar-refractivity contribution in [2.24, 2.45) is 0 Å². The first-order valence-electron chi connectivity index (χ1n) is 4.66. The quantitative estimate of drug-likeness (QED) is 0.660. The highest BCUT2D eigenvalue weighted by molar-refractivity contribution is 6.17. The van der Waals surface area contributed by atoms with Crippen LogP contribution in [0.3, 0.4) is 0 Å². The van der Waals surface area contributed by atoms with Crippen LogP contribution in [0.15, 0.2) is 24.3 Å². The number of hydrogen-bond donors (Lipinski definition) is 0. The number of alkyl halides is 1. The molecule has 0 saturated carbocycles. The highest BCUT2D eigenvalue weighted by Crippen LogP contribution is 2.28. The van der Waals surface area contributed by atoms with Crippen molar-refractivity contribution >= 4 is 11.6 Å². The number of ether oxygens (including phenoxy) is 1. The molecule has 1 aliphatic rings. The Bertz CT molecular complexity index is 279. The molecule has 1 aromatic carbocycles. The van der Waals surface area contributed by atoms with Gasteiger partial charge in [0.2, 0.25) is 0 Å². The van der Waals surface area contributed by atoms with Gasteiger partial charge in [0.05, 0.1) is 6.10 Å². The van der Waals surface area contributed by atoms with Gasteiger partial charge >= 0.3 is 0 Å². The van der Waals surface area contributed by atoms with Gasteiger partial charge in [-0.3, -0.25) is 0 Å². The number of hydrogen-bond acceptors (Lipinski definition) is 1. The average Bonchev–Trinajstić information content (AvgIpc) is 2.71. The van der Waals surface area contributed by atoms with Crippen LogP contribution in [0, 0.1) is 0 Å². The summed E-state index contributed by atoms with van der Waals surface area (Å²) in [5, 5.41) is 0. The molecule has 1 fully saturated rings. The van der Waals surface area contributed by atoms with Crippen LogP contribution in [-0.2, 0) is 10.6 Å². The van der Waals surface area contributed by atoms with Crippen molar-refractivity contribution in [3.05, 3.63) is 35.4 Å². The van der Waals surface area contributed by atoms with E-state index in [1.807, 2.05) is 6.07 Å². The molecule has 0 aromatic heterocycles. The fourth-order valence-corrected chi connectivity index (χ4v) is 1.88. The molecule has 1 heterocycles. The molecule has 1 nitrogen and oxygen atoms in total. The fraction of sp³-hybridized carbons (Fsp3) is 0.455. The Kier molecular flexibility index (Phi) is 2.87. The van der Waals surface area contributed by atoms with Gasteiger partial charge in [-0.2, -0.15) is 0 Å². The Hall–Kier alpha value is -0.530. The minimum absolute atomic E-state index is 0.308. The molecule has 1 aliphatic heterocycles. The number of halogens is 1. The van der Waals surface area contributed by atoms with Crippen molar-refractivity contribution in [3.8, 4) is 0 Å². The molecule has 0 aliphatic carbocycles. The van der Waals surface area contributed by atoms with E-state index in [0.29, 0.717) is 12.0 Å². The van der Waals surface area contributed by atoms with Crippen LogP contribution in [0.2, 0.25) is 0 Å². The Balaban J connectivity index is 2.18. The fourth-order valence-electron chi connectivity index (χ4n) is 1.72. The van der Waals surface area contributed by atoms with Gasteiger partial charge in [-0.25, -0.2) is 0 Å². The summed E-state index contributed by atoms with van der Waals surface area (Å²) < 4.78 is 5.60. The van der Waals surface area contributed by atoms with Gasteiger partial charge in [-0.15, -0.1) is 11.6 Å². The van der Waals surface area contributed by atoms with E-state index in [1.165, 1.54) is 17.5 Å². The maximum Gasteiger partial charge on any atom is 0.0825 e. The Morgan fingerprint density at radius 1 is 1.46 bits per heavy atom. The second kappa shape index (κ2) is 4.12. The second-order valence-corrected chi connectivity index (χ2v) is 3.65. The van der Waals surface area contributed by atoms with E-state index in [-0.39, 0.29) is 0 Å². The lowest BCUT2D eigenvalue weighted by atomic mass is 10.0. The van der Waals surface area contributed by atoms with Crippen LogP contribution in [0.4, 0.5) is 0 Å². The van der Waals surface area contributed by atoms with E-state index >= 15 is 0 Å². The standard InChI is InChI=1S/C11H13ClO/c12-8-9-3-1-4-10(7-9)11-5-2-6-13-11/h1,3-4,7,11H,2,5-6,8H2. The Morgan fingerprint density at radius 2 is 2.38 bits per heavy atom. The van der Waals surface area contributed by atoms with Crippen molar-refractivity contribution in [1.29, 1.82) is 0 Å². The van der Waals surface area contributed by atoms with E-state index in [0.717, 1.165) is 13.0 Å². The summed E-state index contributed by atoms with van der Waals surface area (Å²) in [6, 6.07) is 8.36. The Morgan fingerprint density at radius 3 is 3.08 bits per heavy atom. The zero-order valence-corrected chi connectivity index (χ0v) is 8.26. The molecule has 13 heavy (non-hydrogen) atoms. The van der Waals surface area contributed by atoms with E-state index < -0.39 is 0 Å². The minimum Gasteiger partial charge on any atom is -0.374 e. The molecule has 0 amide bonds. The molecule has 1 saturated heterocycles. The van der Waals surface area contributed by atoms with Crippen LogP contribution in [0.25, 0.3) is 0 Å². The topological polar surface area (TPSA) is 9.23 Å². The lowest BCUT2D eigenvalue weighted by Gasteiger charge is -2.10. The van der Waals surface area contributed by atoms with Gasteiger partial charge in [0.1, 0.15) is 0 Å². The van der Waals surface area contributed by atoms with Gasteiger partial charge in [-0.1, -0.05) is 24.3 Å². The van der Waals surface area contributed by atoms with Gasteiger partial charge < -0.3 is 4.74 Å². The largest absolute Gasteiger partial charge is 0.374 e. The van der Waals surface area contributed by atoms with Crippen LogP contribution in [-0.4, -0.2) is 6.61 Å². The summed E-state index contributed by atoms with van der Waals surface area (Å²) in [5.74, 6) is 0.584. The molecule has 0 bridgehead atoms. The maximum atomic E-state index is 5.76. The van der Waals surface area contributed by atoms with E-state index in [4.69, 9.17) is 16.3 Å². The molecule has 70 valence electrons. The van der Waals surface area contributed by atoms with Crippen molar-refractivity contribution in [2.45, 2.75) is 24.8 Å². The van der Waals surface area contributed by atoms with Gasteiger partial charge in [-0.05, 0) is 24.0 Å². The SMILES string of the molecule is ClCc1cccc(C2CCCO2)c1. The molecule has 1 aromatic rings. The molecule has 1 unspecified atom stereocenters. The lowest BCUT2D eigenvalue weighted by molar-refractivity contribution is 0.112. The van der Waals surface area contributed by atoms with Crippen LogP contribution >= 0.6 is 11.6 Å². The van der Waals surface area contributed by atoms with Crippen molar-refractivity contribution < 1.29 is 4.74 Å². The normalized spacial score (nSPS) is 22.1. The molecular formula is C11H13ClO. The van der Waals surface area contributed by atoms with Gasteiger partial charge in [0, 0.05) is 12.5 Å². The van der Waals surface area contributed by atoms with E-state index in [2.05, 4.69) is 18.2 Å². The smallest absolute Gasteiger partial charge is 0.0825 e. The second-order valence-electron chi connectivity index (χ2n) is 3.38. The third kappa shape index (κ3) is 2.04. The summed E-state index contributed by atoms with van der Waals surface area (Å²) in [4.78, 5) is 0. The summed E-state index contributed by atoms with van der Waals surface area (Å²) in [7, 11) is 0. The summed E-state index contributed by atoms with van der Waals surface area (Å²) >= 11 is 5.76. The zero-order chi connectivity index (χ0) is 9.10. The average molecular weight is 197 g/mol. The van der Waals surface area contributed by atoms with Gasteiger partial charge in [0.25, 0.3) is 0 Å². The molecule has 0 radical (unpaired) electrons. The predicted molar refractivity (Wildman–Crippen MR) is 53.9 cm³/mol. The predicted octanol–water partition coefficient (Wildman–Crippen LogP) is 3.28. The summed E-state index contributed by atoms with van der Waals surface area (Å²) in [5.41, 5.74) is 2.45. The first kappa shape index (κ1) is 9.04. The van der Waals surface area contributed by atoms with Crippen molar-refractivity contribution in [1.82, 2.24) is 0 Å². The molecule has 0 N–H and O–H groups in total. The molecule has 2 rings (SSSR count). The minimum atomic E-state index is 0.308. The van der Waals surface area contributed by atoms with Crippen LogP contribution in [0.1, 0.15) is 30.1 Å². The van der Waals surface area contributed by atoms with Crippen molar-refractivity contribution in [3.63, 3.8) is 0 Å². The maximum absolute atomic E-state index is 5.76.